The standard InChI is InChI=1S/C31H28ClN3O2S2/c32-26-18-20-28(21-19-26)39(36,37)33-22-10-11-23-38-31-34-29(24-12-4-1-5-13-24)30(25-14-6-2-7-15-25)35(31)27-16-8-3-9-17-27/h1-9,12-21,33H,10-11,22-23H2. The summed E-state index contributed by atoms with van der Waals surface area (Å²) in [7, 11) is -3.55. The SMILES string of the molecule is O=S(=O)(NCCCCSc1nc(-c2ccccc2)c(-c2ccccc2)n1-c1ccccc1)c1ccc(Cl)cc1. The molecule has 0 bridgehead atoms. The van der Waals surface area contributed by atoms with Crippen molar-refractivity contribution >= 4 is 33.4 Å². The molecule has 0 fully saturated rings. The van der Waals surface area contributed by atoms with Gasteiger partial charge in [0, 0.05) is 34.1 Å². The monoisotopic (exact) mass is 573 g/mol. The lowest BCUT2D eigenvalue weighted by molar-refractivity contribution is 0.578. The molecule has 0 aliphatic rings. The molecule has 5 aromatic rings. The molecule has 8 heteroatoms. The second-order valence-electron chi connectivity index (χ2n) is 8.90. The van der Waals surface area contributed by atoms with Crippen molar-refractivity contribution in [2.45, 2.75) is 22.9 Å². The Morgan fingerprint density at radius 2 is 1.33 bits per heavy atom. The number of unbranched alkanes of at least 4 members (excludes halogenated alkanes) is 1. The van der Waals surface area contributed by atoms with E-state index in [4.69, 9.17) is 16.6 Å². The Bertz CT molecular complexity index is 1610. The Labute approximate surface area is 238 Å². The summed E-state index contributed by atoms with van der Waals surface area (Å²) < 4.78 is 30.0. The van der Waals surface area contributed by atoms with Crippen molar-refractivity contribution in [3.05, 3.63) is 120 Å². The van der Waals surface area contributed by atoms with E-state index in [-0.39, 0.29) is 4.90 Å². The molecule has 0 saturated carbocycles. The number of thioether (sulfide) groups is 1. The third kappa shape index (κ3) is 6.62. The summed E-state index contributed by atoms with van der Waals surface area (Å²) in [5.74, 6) is 0.801. The summed E-state index contributed by atoms with van der Waals surface area (Å²) in [6, 6.07) is 37.0. The number of halogens is 1. The van der Waals surface area contributed by atoms with Gasteiger partial charge in [0.2, 0.25) is 10.0 Å². The van der Waals surface area contributed by atoms with Crippen LogP contribution in [0.4, 0.5) is 0 Å². The number of sulfonamides is 1. The van der Waals surface area contributed by atoms with Crippen LogP contribution in [-0.2, 0) is 10.0 Å². The summed E-state index contributed by atoms with van der Waals surface area (Å²) >= 11 is 7.56. The summed E-state index contributed by atoms with van der Waals surface area (Å²) in [4.78, 5) is 5.36. The number of nitrogens with one attached hydrogen (secondary N) is 1. The van der Waals surface area contributed by atoms with Crippen LogP contribution in [0.1, 0.15) is 12.8 Å². The smallest absolute Gasteiger partial charge is 0.240 e. The van der Waals surface area contributed by atoms with Gasteiger partial charge in [-0.1, -0.05) is 102 Å². The highest BCUT2D eigenvalue weighted by Crippen LogP contribution is 2.38. The fourth-order valence-corrected chi connectivity index (χ4v) is 6.48. The number of hydrogen-bond acceptors (Lipinski definition) is 4. The van der Waals surface area contributed by atoms with Crippen molar-refractivity contribution in [1.82, 2.24) is 14.3 Å². The van der Waals surface area contributed by atoms with E-state index < -0.39 is 10.0 Å². The van der Waals surface area contributed by atoms with Crippen LogP contribution in [0.25, 0.3) is 28.2 Å². The van der Waals surface area contributed by atoms with Crippen molar-refractivity contribution < 1.29 is 8.42 Å². The molecule has 0 unspecified atom stereocenters. The van der Waals surface area contributed by atoms with Gasteiger partial charge in [0.1, 0.15) is 0 Å². The van der Waals surface area contributed by atoms with E-state index >= 15 is 0 Å². The maximum absolute atomic E-state index is 12.5. The highest BCUT2D eigenvalue weighted by atomic mass is 35.5. The van der Waals surface area contributed by atoms with E-state index in [9.17, 15) is 8.42 Å². The minimum Gasteiger partial charge on any atom is -0.287 e. The molecule has 0 saturated heterocycles. The van der Waals surface area contributed by atoms with Crippen molar-refractivity contribution in [3.8, 4) is 28.2 Å². The maximum atomic E-state index is 12.5. The lowest BCUT2D eigenvalue weighted by atomic mass is 10.0. The van der Waals surface area contributed by atoms with Gasteiger partial charge in [0.05, 0.1) is 16.3 Å². The highest BCUT2D eigenvalue weighted by Gasteiger charge is 2.21. The zero-order valence-electron chi connectivity index (χ0n) is 21.2. The molecule has 198 valence electrons. The van der Waals surface area contributed by atoms with Gasteiger partial charge in [0.25, 0.3) is 0 Å². The second-order valence-corrected chi connectivity index (χ2v) is 12.2. The Kier molecular flexibility index (Phi) is 8.84. The average molecular weight is 574 g/mol. The van der Waals surface area contributed by atoms with Crippen LogP contribution in [0.2, 0.25) is 5.02 Å². The van der Waals surface area contributed by atoms with Crippen molar-refractivity contribution in [3.63, 3.8) is 0 Å². The molecule has 1 heterocycles. The van der Waals surface area contributed by atoms with E-state index in [0.29, 0.717) is 18.0 Å². The van der Waals surface area contributed by atoms with E-state index in [0.717, 1.165) is 45.5 Å². The van der Waals surface area contributed by atoms with Gasteiger partial charge in [-0.05, 0) is 49.2 Å². The minimum absolute atomic E-state index is 0.216. The fourth-order valence-electron chi connectivity index (χ4n) is 4.27. The fraction of sp³-hybridized carbons (Fsp3) is 0.129. The lowest BCUT2D eigenvalue weighted by Gasteiger charge is -2.13. The number of hydrogen-bond donors (Lipinski definition) is 1. The number of rotatable bonds is 11. The van der Waals surface area contributed by atoms with Crippen LogP contribution >= 0.6 is 23.4 Å². The second kappa shape index (κ2) is 12.7. The molecular formula is C31H28ClN3O2S2. The summed E-state index contributed by atoms with van der Waals surface area (Å²) in [5, 5.41) is 1.41. The van der Waals surface area contributed by atoms with E-state index in [2.05, 4.69) is 45.7 Å². The predicted octanol–water partition coefficient (Wildman–Crippen LogP) is 7.71. The minimum atomic E-state index is -3.55. The number of para-hydroxylation sites is 1. The molecule has 0 radical (unpaired) electrons. The number of imidazole rings is 1. The number of nitrogens with zero attached hydrogens (tertiary/aromatic N) is 2. The van der Waals surface area contributed by atoms with Crippen LogP contribution in [0.15, 0.2) is 125 Å². The van der Waals surface area contributed by atoms with Crippen LogP contribution in [0.5, 0.6) is 0 Å². The first-order valence-corrected chi connectivity index (χ1v) is 15.5. The molecule has 5 rings (SSSR count). The van der Waals surface area contributed by atoms with Crippen LogP contribution < -0.4 is 4.72 Å². The van der Waals surface area contributed by atoms with E-state index in [1.165, 1.54) is 12.1 Å². The summed E-state index contributed by atoms with van der Waals surface area (Å²) in [5.41, 5.74) is 5.18. The summed E-state index contributed by atoms with van der Waals surface area (Å²) in [6.45, 7) is 0.364. The number of aromatic nitrogens is 2. The molecule has 4 aromatic carbocycles. The third-order valence-electron chi connectivity index (χ3n) is 6.17. The number of benzene rings is 4. The maximum Gasteiger partial charge on any atom is 0.240 e. The van der Waals surface area contributed by atoms with E-state index in [1.54, 1.807) is 23.9 Å². The van der Waals surface area contributed by atoms with Crippen molar-refractivity contribution in [2.24, 2.45) is 0 Å². The first-order valence-electron chi connectivity index (χ1n) is 12.7. The highest BCUT2D eigenvalue weighted by molar-refractivity contribution is 7.99. The molecule has 0 aliphatic carbocycles. The molecule has 1 N–H and O–H groups in total. The average Bonchev–Trinajstić information content (AvgIpc) is 3.36. The van der Waals surface area contributed by atoms with Gasteiger partial charge in [-0.3, -0.25) is 4.57 Å². The van der Waals surface area contributed by atoms with Crippen LogP contribution in [0.3, 0.4) is 0 Å². The quantitative estimate of drug-likeness (QED) is 0.130. The molecular weight excluding hydrogens is 546 g/mol. The van der Waals surface area contributed by atoms with Crippen LogP contribution in [0, 0.1) is 0 Å². The molecule has 0 amide bonds. The van der Waals surface area contributed by atoms with Crippen LogP contribution in [-0.4, -0.2) is 30.3 Å². The Hall–Kier alpha value is -3.36. The normalized spacial score (nSPS) is 11.5. The van der Waals surface area contributed by atoms with E-state index in [1.807, 2.05) is 54.6 Å². The zero-order chi connectivity index (χ0) is 27.1. The van der Waals surface area contributed by atoms with Crippen molar-refractivity contribution in [1.29, 1.82) is 0 Å². The van der Waals surface area contributed by atoms with Gasteiger partial charge in [-0.25, -0.2) is 18.1 Å². The zero-order valence-corrected chi connectivity index (χ0v) is 23.6. The largest absolute Gasteiger partial charge is 0.287 e. The predicted molar refractivity (Wildman–Crippen MR) is 161 cm³/mol. The topological polar surface area (TPSA) is 64.0 Å². The molecule has 0 atom stereocenters. The first kappa shape index (κ1) is 27.2. The Morgan fingerprint density at radius 1 is 0.744 bits per heavy atom. The third-order valence-corrected chi connectivity index (χ3v) is 8.93. The first-order chi connectivity index (χ1) is 19.0. The van der Waals surface area contributed by atoms with Gasteiger partial charge in [0.15, 0.2) is 5.16 Å². The lowest BCUT2D eigenvalue weighted by Crippen LogP contribution is -2.24. The molecule has 1 aromatic heterocycles. The van der Waals surface area contributed by atoms with Gasteiger partial charge in [-0.2, -0.15) is 0 Å². The molecule has 5 nitrogen and oxygen atoms in total. The molecule has 0 spiro atoms. The van der Waals surface area contributed by atoms with Gasteiger partial charge < -0.3 is 0 Å². The Balaban J connectivity index is 1.35. The van der Waals surface area contributed by atoms with Crippen molar-refractivity contribution in [2.75, 3.05) is 12.3 Å². The Morgan fingerprint density at radius 3 is 1.97 bits per heavy atom. The summed E-state index contributed by atoms with van der Waals surface area (Å²) in [6.07, 6.45) is 1.54. The molecule has 0 aliphatic heterocycles. The van der Waals surface area contributed by atoms with Gasteiger partial charge in [-0.15, -0.1) is 0 Å². The molecule has 39 heavy (non-hydrogen) atoms. The van der Waals surface area contributed by atoms with Gasteiger partial charge >= 0.3 is 0 Å².